The highest BCUT2D eigenvalue weighted by Gasteiger charge is 2.25. The van der Waals surface area contributed by atoms with Gasteiger partial charge in [0.25, 0.3) is 5.91 Å². The Hall–Kier alpha value is -4.74. The number of amides is 1. The summed E-state index contributed by atoms with van der Waals surface area (Å²) in [5.74, 6) is -0.904. The van der Waals surface area contributed by atoms with Crippen LogP contribution in [0.1, 0.15) is 32.7 Å². The highest BCUT2D eigenvalue weighted by atomic mass is 35.5. The van der Waals surface area contributed by atoms with Crippen LogP contribution >= 0.6 is 11.6 Å². The molecule has 2 N–H and O–H groups in total. The molecular formula is C30H24ClN5O3. The number of carboxylic acids is 1. The number of nitriles is 1. The second-order valence-electron chi connectivity index (χ2n) is 9.26. The van der Waals surface area contributed by atoms with Gasteiger partial charge >= 0.3 is 5.97 Å². The van der Waals surface area contributed by atoms with E-state index in [0.717, 1.165) is 12.0 Å². The van der Waals surface area contributed by atoms with Gasteiger partial charge in [0.1, 0.15) is 17.6 Å². The third-order valence-electron chi connectivity index (χ3n) is 6.63. The summed E-state index contributed by atoms with van der Waals surface area (Å²) in [6, 6.07) is 24.3. The Morgan fingerprint density at radius 1 is 1.03 bits per heavy atom. The van der Waals surface area contributed by atoms with Crippen LogP contribution in [0, 0.1) is 11.3 Å². The van der Waals surface area contributed by atoms with Gasteiger partial charge in [0.05, 0.1) is 11.6 Å². The number of aromatic nitrogens is 2. The lowest BCUT2D eigenvalue weighted by Gasteiger charge is -2.30. The normalized spacial score (nSPS) is 13.2. The van der Waals surface area contributed by atoms with Crippen molar-refractivity contribution in [2.45, 2.75) is 25.4 Å². The fourth-order valence-electron chi connectivity index (χ4n) is 4.52. The van der Waals surface area contributed by atoms with Crippen LogP contribution in [0.4, 0.5) is 5.82 Å². The number of anilines is 1. The van der Waals surface area contributed by atoms with Crippen molar-refractivity contribution in [1.82, 2.24) is 15.3 Å². The number of halogens is 1. The third-order valence-corrected chi connectivity index (χ3v) is 6.88. The molecule has 0 saturated heterocycles. The van der Waals surface area contributed by atoms with E-state index in [9.17, 15) is 14.7 Å². The maximum atomic E-state index is 13.4. The number of carbonyl (C=O) groups is 2. The quantitative estimate of drug-likeness (QED) is 0.352. The molecular weight excluding hydrogens is 514 g/mol. The Morgan fingerprint density at radius 3 is 2.44 bits per heavy atom. The molecule has 4 aromatic rings. The molecule has 8 nitrogen and oxygen atoms in total. The summed E-state index contributed by atoms with van der Waals surface area (Å²) in [4.78, 5) is 36.7. The minimum absolute atomic E-state index is 0.0561. The molecule has 0 aliphatic carbocycles. The minimum Gasteiger partial charge on any atom is -0.480 e. The van der Waals surface area contributed by atoms with E-state index >= 15 is 0 Å². The van der Waals surface area contributed by atoms with Gasteiger partial charge in [-0.1, -0.05) is 48.0 Å². The molecule has 39 heavy (non-hydrogen) atoms. The van der Waals surface area contributed by atoms with Crippen molar-refractivity contribution in [3.05, 3.63) is 112 Å². The lowest BCUT2D eigenvalue weighted by atomic mass is 10.00. The molecule has 1 aliphatic heterocycles. The summed E-state index contributed by atoms with van der Waals surface area (Å²) in [5.41, 5.74) is 4.37. The van der Waals surface area contributed by atoms with Gasteiger partial charge in [-0.25, -0.2) is 14.8 Å². The summed E-state index contributed by atoms with van der Waals surface area (Å²) in [6.45, 7) is 1.32. The Kier molecular flexibility index (Phi) is 7.53. The minimum atomic E-state index is -1.17. The van der Waals surface area contributed by atoms with E-state index in [1.807, 2.05) is 12.1 Å². The maximum Gasteiger partial charge on any atom is 0.326 e. The lowest BCUT2D eigenvalue weighted by Crippen LogP contribution is -2.42. The maximum absolute atomic E-state index is 13.4. The zero-order valence-electron chi connectivity index (χ0n) is 20.8. The second kappa shape index (κ2) is 11.3. The van der Waals surface area contributed by atoms with Gasteiger partial charge in [0.2, 0.25) is 0 Å². The number of hydrogen-bond donors (Lipinski definition) is 2. The van der Waals surface area contributed by atoms with Crippen molar-refractivity contribution in [1.29, 1.82) is 5.26 Å². The molecule has 0 fully saturated rings. The van der Waals surface area contributed by atoms with E-state index in [1.165, 1.54) is 11.1 Å². The van der Waals surface area contributed by atoms with Gasteiger partial charge in [0, 0.05) is 36.2 Å². The van der Waals surface area contributed by atoms with E-state index in [1.54, 1.807) is 54.6 Å². The molecule has 9 heteroatoms. The van der Waals surface area contributed by atoms with E-state index in [-0.39, 0.29) is 12.1 Å². The van der Waals surface area contributed by atoms with Gasteiger partial charge < -0.3 is 15.3 Å². The summed E-state index contributed by atoms with van der Waals surface area (Å²) in [5, 5.41) is 22.1. The molecule has 0 bridgehead atoms. The molecule has 5 rings (SSSR count). The Bertz CT molecular complexity index is 1570. The summed E-state index contributed by atoms with van der Waals surface area (Å²) in [7, 11) is 0. The highest BCUT2D eigenvalue weighted by Crippen LogP contribution is 2.26. The zero-order chi connectivity index (χ0) is 27.4. The smallest absolute Gasteiger partial charge is 0.326 e. The van der Waals surface area contributed by atoms with Gasteiger partial charge in [-0.15, -0.1) is 0 Å². The third kappa shape index (κ3) is 6.06. The predicted molar refractivity (Wildman–Crippen MR) is 147 cm³/mol. The molecule has 3 aromatic carbocycles. The Morgan fingerprint density at radius 2 is 1.74 bits per heavy atom. The van der Waals surface area contributed by atoms with Crippen molar-refractivity contribution in [3.8, 4) is 17.5 Å². The van der Waals surface area contributed by atoms with E-state index in [2.05, 4.69) is 33.4 Å². The molecule has 0 saturated carbocycles. The average molecular weight is 538 g/mol. The van der Waals surface area contributed by atoms with Crippen LogP contribution in [0.15, 0.2) is 78.9 Å². The van der Waals surface area contributed by atoms with Crippen LogP contribution in [0.2, 0.25) is 5.02 Å². The summed E-state index contributed by atoms with van der Waals surface area (Å²) in [6.07, 6.45) is 0.914. The van der Waals surface area contributed by atoms with Crippen molar-refractivity contribution in [3.63, 3.8) is 0 Å². The standard InChI is InChI=1S/C30H24ClN5O3/c31-24-11-7-19(8-12-24)15-26(30(38)39)34-29(37)25-16-27(36-14-13-21-3-1-2-4-23(21)18-36)35-28(33-25)22-9-5-20(17-32)6-10-22/h1-12,16,26H,13-15,18H2,(H,34,37)(H,38,39)/t26-/m1/s1. The van der Waals surface area contributed by atoms with Crippen LogP contribution < -0.4 is 10.2 Å². The first-order chi connectivity index (χ1) is 18.9. The first-order valence-corrected chi connectivity index (χ1v) is 12.8. The van der Waals surface area contributed by atoms with Gasteiger partial charge in [-0.05, 0) is 59.5 Å². The number of hydrogen-bond acceptors (Lipinski definition) is 6. The number of nitrogens with zero attached hydrogens (tertiary/aromatic N) is 4. The summed E-state index contributed by atoms with van der Waals surface area (Å²) < 4.78 is 0. The SMILES string of the molecule is N#Cc1ccc(-c2nc(C(=O)N[C@H](Cc3ccc(Cl)cc3)C(=O)O)cc(N3CCc4ccccc4C3)n2)cc1. The average Bonchev–Trinajstić information content (AvgIpc) is 2.97. The van der Waals surface area contributed by atoms with Crippen molar-refractivity contribution < 1.29 is 14.7 Å². The van der Waals surface area contributed by atoms with Crippen LogP contribution in [0.5, 0.6) is 0 Å². The Labute approximate surface area is 230 Å². The number of benzene rings is 3. The van der Waals surface area contributed by atoms with Gasteiger partial charge in [0.15, 0.2) is 5.82 Å². The fraction of sp³-hybridized carbons (Fsp3) is 0.167. The first-order valence-electron chi connectivity index (χ1n) is 12.4. The van der Waals surface area contributed by atoms with E-state index < -0.39 is 17.9 Å². The van der Waals surface area contributed by atoms with E-state index in [4.69, 9.17) is 21.8 Å². The molecule has 2 heterocycles. The lowest BCUT2D eigenvalue weighted by molar-refractivity contribution is -0.139. The highest BCUT2D eigenvalue weighted by molar-refractivity contribution is 6.30. The van der Waals surface area contributed by atoms with E-state index in [0.29, 0.717) is 40.9 Å². The number of carbonyl (C=O) groups excluding carboxylic acids is 1. The molecule has 1 amide bonds. The van der Waals surface area contributed by atoms with Crippen molar-refractivity contribution >= 4 is 29.3 Å². The number of rotatable bonds is 7. The molecule has 1 aliphatic rings. The molecule has 1 atom stereocenters. The number of aliphatic carboxylic acids is 1. The molecule has 0 radical (unpaired) electrons. The van der Waals surface area contributed by atoms with Crippen molar-refractivity contribution in [2.75, 3.05) is 11.4 Å². The molecule has 0 unspecified atom stereocenters. The second-order valence-corrected chi connectivity index (χ2v) is 9.70. The number of nitrogens with one attached hydrogen (secondary N) is 1. The van der Waals surface area contributed by atoms with Gasteiger partial charge in [-0.3, -0.25) is 4.79 Å². The topological polar surface area (TPSA) is 119 Å². The van der Waals surface area contributed by atoms with Crippen LogP contribution in [0.25, 0.3) is 11.4 Å². The molecule has 194 valence electrons. The van der Waals surface area contributed by atoms with Crippen LogP contribution in [-0.4, -0.2) is 39.5 Å². The fourth-order valence-corrected chi connectivity index (χ4v) is 4.64. The van der Waals surface area contributed by atoms with Crippen molar-refractivity contribution in [2.24, 2.45) is 0 Å². The van der Waals surface area contributed by atoms with Gasteiger partial charge in [-0.2, -0.15) is 5.26 Å². The molecule has 1 aromatic heterocycles. The number of carboxylic acid groups (broad SMARTS) is 1. The largest absolute Gasteiger partial charge is 0.480 e. The van der Waals surface area contributed by atoms with Crippen LogP contribution in [0.3, 0.4) is 0 Å². The zero-order valence-corrected chi connectivity index (χ0v) is 21.6. The predicted octanol–water partition coefficient (Wildman–Crippen LogP) is 4.66. The monoisotopic (exact) mass is 537 g/mol. The molecule has 0 spiro atoms. The first kappa shape index (κ1) is 25.9. The Balaban J connectivity index is 1.47. The van der Waals surface area contributed by atoms with Crippen LogP contribution in [-0.2, 0) is 24.2 Å². The number of fused-ring (bicyclic) bond motifs is 1. The summed E-state index contributed by atoms with van der Waals surface area (Å²) >= 11 is 5.94.